The second kappa shape index (κ2) is 35.9. The molecule has 7 heteroatoms. The van der Waals surface area contributed by atoms with Gasteiger partial charge in [0.25, 0.3) is 0 Å². The number of unbranched alkanes of at least 4 members (excludes halogenated alkanes) is 10. The molecule has 9 rings (SSSR count). The zero-order chi connectivity index (χ0) is 62.8. The van der Waals surface area contributed by atoms with Gasteiger partial charge in [0.2, 0.25) is 0 Å². The fraction of sp³-hybridized carbons (Fsp3) is 0.301. The van der Waals surface area contributed by atoms with Crippen molar-refractivity contribution in [3.63, 3.8) is 0 Å². The summed E-state index contributed by atoms with van der Waals surface area (Å²) in [6, 6.07) is 55.8. The molecule has 7 aromatic rings. The van der Waals surface area contributed by atoms with Gasteiger partial charge in [0.15, 0.2) is 0 Å². The Morgan fingerprint density at radius 2 is 0.944 bits per heavy atom. The van der Waals surface area contributed by atoms with Gasteiger partial charge < -0.3 is 9.47 Å². The van der Waals surface area contributed by atoms with Crippen LogP contribution in [0.1, 0.15) is 140 Å². The molecular formula is C83H90O4Os2P+. The molecule has 2 aliphatic heterocycles. The van der Waals surface area contributed by atoms with Crippen LogP contribution in [0.15, 0.2) is 239 Å². The summed E-state index contributed by atoms with van der Waals surface area (Å²) in [4.78, 5) is 0. The number of allylic oxidation sites excluding steroid dienone is 11. The Hall–Kier alpha value is -6.50. The first kappa shape index (κ1) is 67.9. The Morgan fingerprint density at radius 1 is 0.478 bits per heavy atom. The Kier molecular flexibility index (Phi) is 27.1. The van der Waals surface area contributed by atoms with Crippen molar-refractivity contribution in [2.45, 2.75) is 125 Å². The molecular weight excluding hydrogens is 1470 g/mol. The van der Waals surface area contributed by atoms with Crippen LogP contribution in [-0.4, -0.2) is 39.6 Å². The van der Waals surface area contributed by atoms with Crippen molar-refractivity contribution in [2.24, 2.45) is 0 Å². The summed E-state index contributed by atoms with van der Waals surface area (Å²) in [6.45, 7) is 14.8. The van der Waals surface area contributed by atoms with E-state index in [0.717, 1.165) is 92.1 Å². The first-order valence-corrected chi connectivity index (χ1v) is 37.2. The molecule has 466 valence electrons. The van der Waals surface area contributed by atoms with Gasteiger partial charge in [-0.3, -0.25) is 0 Å². The molecule has 0 aliphatic carbocycles. The van der Waals surface area contributed by atoms with Gasteiger partial charge in [-0.2, -0.15) is 0 Å². The van der Waals surface area contributed by atoms with Crippen molar-refractivity contribution < 1.29 is 54.8 Å². The van der Waals surface area contributed by atoms with Crippen molar-refractivity contribution in [1.29, 1.82) is 0 Å². The average Bonchev–Trinajstić information content (AvgIpc) is 0.849. The van der Waals surface area contributed by atoms with Crippen molar-refractivity contribution in [3.8, 4) is 20.2 Å². The van der Waals surface area contributed by atoms with Gasteiger partial charge in [-0.1, -0.05) is 104 Å². The Balaban J connectivity index is 0.987. The third kappa shape index (κ3) is 17.8. The van der Waals surface area contributed by atoms with Crippen LogP contribution in [0.25, 0.3) is 39.8 Å². The van der Waals surface area contributed by atoms with Crippen molar-refractivity contribution in [2.75, 3.05) is 39.6 Å². The molecule has 0 bridgehead atoms. The zero-order valence-corrected chi connectivity index (χ0v) is 59.6. The Bertz CT molecular complexity index is 3810. The van der Waals surface area contributed by atoms with E-state index in [2.05, 4.69) is 256 Å². The number of rotatable bonds is 30. The summed E-state index contributed by atoms with van der Waals surface area (Å²) in [6.07, 6.45) is 39.3. The van der Waals surface area contributed by atoms with Gasteiger partial charge in [-0.15, -0.1) is 0 Å². The molecule has 2 aliphatic rings. The molecule has 0 atom stereocenters. The second-order valence-corrected chi connectivity index (χ2v) is 28.2. The van der Waals surface area contributed by atoms with Crippen LogP contribution in [0.3, 0.4) is 0 Å². The van der Waals surface area contributed by atoms with Crippen LogP contribution in [-0.2, 0) is 51.8 Å². The molecule has 7 aromatic carbocycles. The van der Waals surface area contributed by atoms with Crippen molar-refractivity contribution in [1.82, 2.24) is 0 Å². The molecule has 0 N–H and O–H groups in total. The minimum atomic E-state index is -2.46. The third-order valence-corrected chi connectivity index (χ3v) is 23.5. The molecule has 0 aromatic heterocycles. The van der Waals surface area contributed by atoms with E-state index in [1.54, 1.807) is 17.9 Å². The summed E-state index contributed by atoms with van der Waals surface area (Å²) in [5.74, 6) is 1.95. The third-order valence-electron chi connectivity index (χ3n) is 17.1. The predicted molar refractivity (Wildman–Crippen MR) is 379 cm³/mol. The standard InChI is InChI=1S/C83H90O4P.2Os/c1-8-12-14-16-18-29-53-86-82-79-52-48-68(56-81(79)83(87-54-30-19-17-15-13-9-2)78-51-47-67(32-10-3)55-80(78)82)33-31-34-72-60-85-62-74(72)57-70(63(5)6)49-45-65-41-43-66(44-42-65)46-50-71(58-73-61-84-59-69(73)11-4)64(7)88(75-35-23-20-24-36-75,76-37-25-21-26-38-76)77-39-27-22-28-40-77;;/h11,20-28,31,33-52,55-58H,8-10,12-19,29-30,32,53-54,59-62H2,1-5H3;;/q+1;;/b33-31+,49-45+,50-46+,69-11?,70-63?,71-64?,72-34?,73-58?,74-57?;;. The van der Waals surface area contributed by atoms with Gasteiger partial charge in [0, 0.05) is 16.2 Å². The van der Waals surface area contributed by atoms with E-state index in [-0.39, 0.29) is 0 Å². The fourth-order valence-electron chi connectivity index (χ4n) is 12.2. The molecule has 0 spiro atoms. The molecule has 0 radical (unpaired) electrons. The summed E-state index contributed by atoms with van der Waals surface area (Å²) >= 11 is 3.57. The molecule has 90 heavy (non-hydrogen) atoms. The van der Waals surface area contributed by atoms with Gasteiger partial charge in [0.05, 0.1) is 13.2 Å². The first-order chi connectivity index (χ1) is 44.3. The van der Waals surface area contributed by atoms with Crippen LogP contribution in [0.4, 0.5) is 0 Å². The van der Waals surface area contributed by atoms with Crippen LogP contribution < -0.4 is 25.4 Å². The molecule has 4 nitrogen and oxygen atoms in total. The SMILES string of the molecule is CC=C1COCC1=CC(/C=C/c1ccc(/C=C/C(C=C2COCC2=C/C=C/c2ccc3c(OCCCCCCCC)c4cc(CCC)ccc4c(OCCCCCCCC)c3c2)=C(C)[C]#[Os])cc1)=C([C]#[Os])[P+](c1ccccc1)(c1ccccc1)c1ccccc1. The molecule has 0 amide bonds. The monoisotopic (exact) mass is 1570 g/mol. The average molecular weight is 1560 g/mol. The van der Waals surface area contributed by atoms with Crippen molar-refractivity contribution in [3.05, 3.63) is 261 Å². The Morgan fingerprint density at radius 3 is 1.47 bits per heavy atom. The molecule has 2 heterocycles. The number of benzene rings is 7. The number of fused-ring (bicyclic) bond motifs is 2. The van der Waals surface area contributed by atoms with Crippen molar-refractivity contribution >= 4 is 62.9 Å². The van der Waals surface area contributed by atoms with E-state index in [4.69, 9.17) is 18.9 Å². The molecule has 2 fully saturated rings. The minimum absolute atomic E-state index is 0.554. The van der Waals surface area contributed by atoms with E-state index >= 15 is 0 Å². The van der Waals surface area contributed by atoms with Gasteiger partial charge in [-0.05, 0) is 30.9 Å². The van der Waals surface area contributed by atoms with Crippen LogP contribution >= 0.6 is 7.26 Å². The van der Waals surface area contributed by atoms with Gasteiger partial charge in [0.1, 0.15) is 11.5 Å². The van der Waals surface area contributed by atoms with Crippen LogP contribution in [0.2, 0.25) is 0 Å². The number of ether oxygens (including phenoxy) is 4. The van der Waals surface area contributed by atoms with E-state index in [1.165, 1.54) is 113 Å². The van der Waals surface area contributed by atoms with E-state index in [0.29, 0.717) is 39.6 Å². The summed E-state index contributed by atoms with van der Waals surface area (Å²) in [5.41, 5.74) is 12.8. The summed E-state index contributed by atoms with van der Waals surface area (Å²) in [5, 5.41) is 9.59. The fourth-order valence-corrected chi connectivity index (χ4v) is 18.3. The normalized spacial score (nSPS) is 16.1. The first-order valence-electron chi connectivity index (χ1n) is 32.9. The number of hydrogen-bond acceptors (Lipinski definition) is 4. The molecule has 0 saturated carbocycles. The molecule has 2 saturated heterocycles. The van der Waals surface area contributed by atoms with Gasteiger partial charge in [-0.25, -0.2) is 0 Å². The quantitative estimate of drug-likeness (QED) is 0.0195. The van der Waals surface area contributed by atoms with E-state index in [9.17, 15) is 0 Å². The van der Waals surface area contributed by atoms with E-state index in [1.807, 2.05) is 17.9 Å². The maximum atomic E-state index is 6.90. The number of aryl methyl sites for hydroxylation is 1. The second-order valence-electron chi connectivity index (χ2n) is 23.6. The Labute approximate surface area is 558 Å². The zero-order valence-electron chi connectivity index (χ0n) is 53.6. The topological polar surface area (TPSA) is 36.9 Å². The summed E-state index contributed by atoms with van der Waals surface area (Å²) in [7, 11) is -2.46. The predicted octanol–water partition coefficient (Wildman–Crippen LogP) is 20.5. The van der Waals surface area contributed by atoms with Gasteiger partial charge >= 0.3 is 378 Å². The van der Waals surface area contributed by atoms with Crippen LogP contribution in [0, 0.1) is 8.74 Å². The maximum absolute atomic E-state index is 6.90. The number of hydrogen-bond donors (Lipinski definition) is 0. The molecule has 0 unspecified atom stereocenters. The van der Waals surface area contributed by atoms with Crippen LogP contribution in [0.5, 0.6) is 11.5 Å². The summed E-state index contributed by atoms with van der Waals surface area (Å²) < 4.78 is 33.3. The van der Waals surface area contributed by atoms with E-state index < -0.39 is 7.26 Å².